The van der Waals surface area contributed by atoms with E-state index in [1.54, 1.807) is 11.6 Å². The first kappa shape index (κ1) is 18.9. The highest BCUT2D eigenvalue weighted by atomic mass is 16.5. The lowest BCUT2D eigenvalue weighted by molar-refractivity contribution is -0.124. The number of nitrogens with one attached hydrogen (secondary N) is 1. The number of hydrogen-bond donors (Lipinski definition) is 2. The van der Waals surface area contributed by atoms with Crippen molar-refractivity contribution in [3.8, 4) is 0 Å². The molecule has 134 valence electrons. The number of aromatic nitrogens is 2. The van der Waals surface area contributed by atoms with Crippen molar-refractivity contribution in [2.24, 2.45) is 7.05 Å². The molecule has 2 aromatic rings. The predicted octanol–water partition coefficient (Wildman–Crippen LogP) is 2.39. The SMILES string of the molecule is CCCN(CCc1cnn(C)c1)Cc1ccc(/C=C/C(=O)NO)cc1. The lowest BCUT2D eigenvalue weighted by Crippen LogP contribution is -2.26. The molecule has 25 heavy (non-hydrogen) atoms. The molecule has 0 bridgehead atoms. The summed E-state index contributed by atoms with van der Waals surface area (Å²) in [7, 11) is 1.94. The topological polar surface area (TPSA) is 70.4 Å². The van der Waals surface area contributed by atoms with Crippen molar-refractivity contribution in [1.29, 1.82) is 0 Å². The zero-order chi connectivity index (χ0) is 18.1. The summed E-state index contributed by atoms with van der Waals surface area (Å²) in [6.07, 6.45) is 9.06. The van der Waals surface area contributed by atoms with Crippen LogP contribution in [-0.2, 0) is 24.8 Å². The summed E-state index contributed by atoms with van der Waals surface area (Å²) in [6.45, 7) is 5.14. The fourth-order valence-corrected chi connectivity index (χ4v) is 2.68. The molecule has 1 heterocycles. The van der Waals surface area contributed by atoms with Crippen molar-refractivity contribution < 1.29 is 10.0 Å². The summed E-state index contributed by atoms with van der Waals surface area (Å²) in [6, 6.07) is 8.09. The normalized spacial score (nSPS) is 11.4. The Morgan fingerprint density at radius 1 is 1.28 bits per heavy atom. The predicted molar refractivity (Wildman–Crippen MR) is 97.9 cm³/mol. The molecule has 0 aliphatic carbocycles. The molecule has 1 amide bonds. The molecule has 0 spiro atoms. The number of carbonyl (C=O) groups is 1. The molecule has 2 rings (SSSR count). The summed E-state index contributed by atoms with van der Waals surface area (Å²) in [4.78, 5) is 13.4. The van der Waals surface area contributed by atoms with Crippen LogP contribution >= 0.6 is 0 Å². The summed E-state index contributed by atoms with van der Waals surface area (Å²) in [5.41, 5.74) is 4.99. The molecule has 0 atom stereocenters. The zero-order valence-corrected chi connectivity index (χ0v) is 14.9. The molecule has 0 unspecified atom stereocenters. The highest BCUT2D eigenvalue weighted by Crippen LogP contribution is 2.10. The van der Waals surface area contributed by atoms with E-state index in [1.807, 2.05) is 30.1 Å². The number of benzene rings is 1. The van der Waals surface area contributed by atoms with Gasteiger partial charge in [-0.3, -0.25) is 19.6 Å². The first-order chi connectivity index (χ1) is 12.1. The lowest BCUT2D eigenvalue weighted by atomic mass is 10.1. The van der Waals surface area contributed by atoms with Gasteiger partial charge in [0.1, 0.15) is 0 Å². The number of amides is 1. The van der Waals surface area contributed by atoms with Crippen LogP contribution in [0.5, 0.6) is 0 Å². The van der Waals surface area contributed by atoms with Gasteiger partial charge in [0.05, 0.1) is 6.20 Å². The second-order valence-electron chi connectivity index (χ2n) is 6.10. The second-order valence-corrected chi connectivity index (χ2v) is 6.10. The van der Waals surface area contributed by atoms with E-state index in [9.17, 15) is 4.79 Å². The van der Waals surface area contributed by atoms with Crippen molar-refractivity contribution in [3.05, 3.63) is 59.4 Å². The molecule has 0 saturated heterocycles. The van der Waals surface area contributed by atoms with Crippen LogP contribution < -0.4 is 5.48 Å². The van der Waals surface area contributed by atoms with Crippen molar-refractivity contribution >= 4 is 12.0 Å². The van der Waals surface area contributed by atoms with Crippen LogP contribution in [0, 0.1) is 0 Å². The largest absolute Gasteiger partial charge is 0.299 e. The molecule has 0 aliphatic rings. The monoisotopic (exact) mass is 342 g/mol. The molecule has 0 saturated carbocycles. The van der Waals surface area contributed by atoms with Crippen LogP contribution in [0.25, 0.3) is 6.08 Å². The Labute approximate surface area is 148 Å². The van der Waals surface area contributed by atoms with E-state index in [0.29, 0.717) is 0 Å². The van der Waals surface area contributed by atoms with E-state index in [-0.39, 0.29) is 0 Å². The Morgan fingerprint density at radius 3 is 2.64 bits per heavy atom. The van der Waals surface area contributed by atoms with Gasteiger partial charge < -0.3 is 0 Å². The van der Waals surface area contributed by atoms with Crippen molar-refractivity contribution in [2.45, 2.75) is 26.3 Å². The summed E-state index contributed by atoms with van der Waals surface area (Å²) in [5, 5.41) is 12.7. The Balaban J connectivity index is 1.91. The zero-order valence-electron chi connectivity index (χ0n) is 14.9. The number of carbonyl (C=O) groups excluding carboxylic acids is 1. The standard InChI is InChI=1S/C19H26N4O2/c1-3-11-23(12-10-18-13-20-22(2)14-18)15-17-6-4-16(5-7-17)8-9-19(24)21-25/h4-9,13-14,25H,3,10-12,15H2,1-2H3,(H,21,24)/b9-8+. The first-order valence-electron chi connectivity index (χ1n) is 8.51. The van der Waals surface area contributed by atoms with Crippen LogP contribution in [0.15, 0.2) is 42.7 Å². The van der Waals surface area contributed by atoms with Crippen molar-refractivity contribution in [1.82, 2.24) is 20.2 Å². The highest BCUT2D eigenvalue weighted by molar-refractivity contribution is 5.90. The Hall–Kier alpha value is -2.44. The molecule has 2 N–H and O–H groups in total. The van der Waals surface area contributed by atoms with Gasteiger partial charge in [-0.25, -0.2) is 5.48 Å². The van der Waals surface area contributed by atoms with Gasteiger partial charge in [0.15, 0.2) is 0 Å². The van der Waals surface area contributed by atoms with Gasteiger partial charge in [0, 0.05) is 32.4 Å². The Morgan fingerprint density at radius 2 is 2.04 bits per heavy atom. The van der Waals surface area contributed by atoms with Crippen LogP contribution in [0.1, 0.15) is 30.0 Å². The lowest BCUT2D eigenvalue weighted by Gasteiger charge is -2.21. The van der Waals surface area contributed by atoms with Crippen LogP contribution in [-0.4, -0.2) is 38.9 Å². The van der Waals surface area contributed by atoms with Gasteiger partial charge in [-0.15, -0.1) is 0 Å². The summed E-state index contributed by atoms with van der Waals surface area (Å²) >= 11 is 0. The Kier molecular flexibility index (Phi) is 7.37. The molecule has 0 aliphatic heterocycles. The van der Waals surface area contributed by atoms with Crippen molar-refractivity contribution in [2.75, 3.05) is 13.1 Å². The minimum atomic E-state index is -0.534. The smallest absolute Gasteiger partial charge is 0.267 e. The summed E-state index contributed by atoms with van der Waals surface area (Å²) < 4.78 is 1.84. The van der Waals surface area contributed by atoms with Gasteiger partial charge >= 0.3 is 0 Å². The highest BCUT2D eigenvalue weighted by Gasteiger charge is 2.06. The molecule has 0 radical (unpaired) electrons. The average Bonchev–Trinajstić information content (AvgIpc) is 3.04. The number of aryl methyl sites for hydroxylation is 1. The van der Waals surface area contributed by atoms with E-state index in [1.165, 1.54) is 17.2 Å². The number of nitrogens with zero attached hydrogens (tertiary/aromatic N) is 3. The third-order valence-electron chi connectivity index (χ3n) is 3.94. The minimum absolute atomic E-state index is 0.534. The van der Waals surface area contributed by atoms with E-state index in [0.717, 1.165) is 38.0 Å². The number of hydrogen-bond acceptors (Lipinski definition) is 4. The quantitative estimate of drug-likeness (QED) is 0.417. The van der Waals surface area contributed by atoms with Gasteiger partial charge in [-0.1, -0.05) is 31.2 Å². The number of rotatable bonds is 9. The molecular weight excluding hydrogens is 316 g/mol. The fourth-order valence-electron chi connectivity index (χ4n) is 2.68. The molecule has 1 aromatic heterocycles. The van der Waals surface area contributed by atoms with E-state index in [4.69, 9.17) is 5.21 Å². The molecule has 6 heteroatoms. The van der Waals surface area contributed by atoms with Crippen molar-refractivity contribution in [3.63, 3.8) is 0 Å². The maximum absolute atomic E-state index is 11.0. The minimum Gasteiger partial charge on any atom is -0.299 e. The molecule has 1 aromatic carbocycles. The van der Waals surface area contributed by atoms with Crippen LogP contribution in [0.2, 0.25) is 0 Å². The van der Waals surface area contributed by atoms with Gasteiger partial charge in [-0.2, -0.15) is 5.10 Å². The fraction of sp³-hybridized carbons (Fsp3) is 0.368. The van der Waals surface area contributed by atoms with E-state index < -0.39 is 5.91 Å². The van der Waals surface area contributed by atoms with Crippen LogP contribution in [0.3, 0.4) is 0 Å². The molecule has 6 nitrogen and oxygen atoms in total. The second kappa shape index (κ2) is 9.76. The number of hydroxylamine groups is 1. The third-order valence-corrected chi connectivity index (χ3v) is 3.94. The van der Waals surface area contributed by atoms with Gasteiger partial charge in [0.2, 0.25) is 0 Å². The molecular formula is C19H26N4O2. The van der Waals surface area contributed by atoms with Gasteiger partial charge in [-0.05, 0) is 42.2 Å². The maximum Gasteiger partial charge on any atom is 0.267 e. The van der Waals surface area contributed by atoms with Crippen LogP contribution in [0.4, 0.5) is 0 Å². The average molecular weight is 342 g/mol. The van der Waals surface area contributed by atoms with Gasteiger partial charge in [0.25, 0.3) is 5.91 Å². The molecule has 0 fully saturated rings. The first-order valence-corrected chi connectivity index (χ1v) is 8.51. The Bertz CT molecular complexity index is 692. The summed E-state index contributed by atoms with van der Waals surface area (Å²) in [5.74, 6) is -0.534. The van der Waals surface area contributed by atoms with E-state index >= 15 is 0 Å². The third kappa shape index (κ3) is 6.52. The van der Waals surface area contributed by atoms with E-state index in [2.05, 4.69) is 35.3 Å². The maximum atomic E-state index is 11.0.